The first kappa shape index (κ1) is 13.2. The largest absolute Gasteiger partial charge is 0.315 e. The molecule has 0 saturated carbocycles. The van der Waals surface area contributed by atoms with Gasteiger partial charge >= 0.3 is 0 Å². The molecule has 98 valence electrons. The minimum atomic E-state index is -0.289. The Morgan fingerprint density at radius 3 is 3.00 bits per heavy atom. The summed E-state index contributed by atoms with van der Waals surface area (Å²) in [5, 5.41) is 3.31. The summed E-state index contributed by atoms with van der Waals surface area (Å²) in [7, 11) is 0. The number of rotatable bonds is 3. The van der Waals surface area contributed by atoms with Crippen LogP contribution in [0.5, 0.6) is 0 Å². The van der Waals surface area contributed by atoms with Crippen LogP contribution in [0, 0.1) is 12.7 Å². The van der Waals surface area contributed by atoms with Crippen LogP contribution in [0.1, 0.15) is 22.3 Å². The standard InChI is InChI=1S/C14H19FN2O/c1-11-9-12(15)3-4-13(11)14(18)10-17-7-2-5-16-6-8-17/h3-4,9,16H,2,5-8,10H2,1H3. The smallest absolute Gasteiger partial charge is 0.177 e. The Morgan fingerprint density at radius 2 is 2.22 bits per heavy atom. The third kappa shape index (κ3) is 3.37. The van der Waals surface area contributed by atoms with Crippen LogP contribution in [-0.4, -0.2) is 43.4 Å². The van der Waals surface area contributed by atoms with Gasteiger partial charge in [-0.1, -0.05) is 0 Å². The van der Waals surface area contributed by atoms with Crippen LogP contribution in [0.4, 0.5) is 4.39 Å². The van der Waals surface area contributed by atoms with E-state index in [1.165, 1.54) is 12.1 Å². The first-order valence-corrected chi connectivity index (χ1v) is 6.39. The Hall–Kier alpha value is -1.26. The third-order valence-electron chi connectivity index (χ3n) is 3.29. The van der Waals surface area contributed by atoms with Crippen LogP contribution in [0.3, 0.4) is 0 Å². The van der Waals surface area contributed by atoms with Gasteiger partial charge in [0.25, 0.3) is 0 Å². The molecule has 4 heteroatoms. The summed E-state index contributed by atoms with van der Waals surface area (Å²) in [5.41, 5.74) is 1.35. The average molecular weight is 250 g/mol. The SMILES string of the molecule is Cc1cc(F)ccc1C(=O)CN1CCCNCC1. The van der Waals surface area contributed by atoms with Gasteiger partial charge in [0.05, 0.1) is 6.54 Å². The average Bonchev–Trinajstić information content (AvgIpc) is 2.57. The summed E-state index contributed by atoms with van der Waals surface area (Å²) in [5.74, 6) is -0.211. The van der Waals surface area contributed by atoms with E-state index in [-0.39, 0.29) is 11.6 Å². The molecule has 0 aromatic heterocycles. The number of benzene rings is 1. The Labute approximate surface area is 107 Å². The lowest BCUT2D eigenvalue weighted by Gasteiger charge is -2.18. The third-order valence-corrected chi connectivity index (χ3v) is 3.29. The van der Waals surface area contributed by atoms with Crippen molar-refractivity contribution in [2.24, 2.45) is 0 Å². The quantitative estimate of drug-likeness (QED) is 0.827. The minimum absolute atomic E-state index is 0.0781. The molecule has 1 aromatic rings. The molecule has 2 rings (SSSR count). The number of hydrogen-bond donors (Lipinski definition) is 1. The summed E-state index contributed by atoms with van der Waals surface area (Å²) >= 11 is 0. The van der Waals surface area contributed by atoms with Crippen molar-refractivity contribution in [3.8, 4) is 0 Å². The zero-order valence-corrected chi connectivity index (χ0v) is 10.7. The number of ketones is 1. The van der Waals surface area contributed by atoms with E-state index in [4.69, 9.17) is 0 Å². The Kier molecular flexibility index (Phi) is 4.44. The van der Waals surface area contributed by atoms with Crippen molar-refractivity contribution in [1.82, 2.24) is 10.2 Å². The first-order chi connectivity index (χ1) is 8.66. The lowest BCUT2D eigenvalue weighted by atomic mass is 10.0. The lowest BCUT2D eigenvalue weighted by molar-refractivity contribution is 0.0934. The van der Waals surface area contributed by atoms with Crippen molar-refractivity contribution < 1.29 is 9.18 Å². The Balaban J connectivity index is 2.02. The summed E-state index contributed by atoms with van der Waals surface area (Å²) in [6.45, 7) is 5.98. The summed E-state index contributed by atoms with van der Waals surface area (Å²) in [4.78, 5) is 14.3. The molecule has 1 aliphatic rings. The van der Waals surface area contributed by atoms with Gasteiger partial charge in [0.15, 0.2) is 5.78 Å². The summed E-state index contributed by atoms with van der Waals surface area (Å²) in [6.07, 6.45) is 1.07. The van der Waals surface area contributed by atoms with Gasteiger partial charge in [0.2, 0.25) is 0 Å². The predicted octanol–water partition coefficient (Wildman–Crippen LogP) is 1.61. The van der Waals surface area contributed by atoms with Crippen molar-refractivity contribution in [2.45, 2.75) is 13.3 Å². The van der Waals surface area contributed by atoms with Gasteiger partial charge in [-0.15, -0.1) is 0 Å². The molecule has 0 radical (unpaired) electrons. The van der Waals surface area contributed by atoms with Crippen LogP contribution >= 0.6 is 0 Å². The Bertz CT molecular complexity index is 426. The maximum Gasteiger partial charge on any atom is 0.177 e. The van der Waals surface area contributed by atoms with Crippen molar-refractivity contribution in [2.75, 3.05) is 32.7 Å². The number of Topliss-reactive ketones (excluding diaryl/α,β-unsaturated/α-hetero) is 1. The molecule has 18 heavy (non-hydrogen) atoms. The van der Waals surface area contributed by atoms with Gasteiger partial charge in [-0.05, 0) is 50.2 Å². The molecule has 1 saturated heterocycles. The van der Waals surface area contributed by atoms with E-state index >= 15 is 0 Å². The van der Waals surface area contributed by atoms with Gasteiger partial charge in [-0.2, -0.15) is 0 Å². The number of carbonyl (C=O) groups excluding carboxylic acids is 1. The van der Waals surface area contributed by atoms with E-state index < -0.39 is 0 Å². The maximum atomic E-state index is 13.0. The number of nitrogens with one attached hydrogen (secondary N) is 1. The topological polar surface area (TPSA) is 32.3 Å². The fourth-order valence-electron chi connectivity index (χ4n) is 2.29. The molecule has 1 heterocycles. The molecule has 1 N–H and O–H groups in total. The molecular weight excluding hydrogens is 231 g/mol. The molecule has 0 unspecified atom stereocenters. The van der Waals surface area contributed by atoms with Crippen molar-refractivity contribution in [1.29, 1.82) is 0 Å². The van der Waals surface area contributed by atoms with E-state index in [1.54, 1.807) is 13.0 Å². The fraction of sp³-hybridized carbons (Fsp3) is 0.500. The normalized spacial score (nSPS) is 17.4. The fourth-order valence-corrected chi connectivity index (χ4v) is 2.29. The minimum Gasteiger partial charge on any atom is -0.315 e. The van der Waals surface area contributed by atoms with E-state index in [9.17, 15) is 9.18 Å². The lowest BCUT2D eigenvalue weighted by Crippen LogP contribution is -2.33. The van der Waals surface area contributed by atoms with E-state index in [2.05, 4.69) is 10.2 Å². The number of carbonyl (C=O) groups is 1. The van der Waals surface area contributed by atoms with Crippen LogP contribution in [0.2, 0.25) is 0 Å². The van der Waals surface area contributed by atoms with Crippen molar-refractivity contribution >= 4 is 5.78 Å². The molecule has 1 aromatic carbocycles. The number of nitrogens with zero attached hydrogens (tertiary/aromatic N) is 1. The monoisotopic (exact) mass is 250 g/mol. The van der Waals surface area contributed by atoms with Crippen molar-refractivity contribution in [3.05, 3.63) is 35.1 Å². The Morgan fingerprint density at radius 1 is 1.39 bits per heavy atom. The molecule has 0 bridgehead atoms. The second-order valence-electron chi connectivity index (χ2n) is 4.76. The van der Waals surface area contributed by atoms with E-state index in [1.807, 2.05) is 0 Å². The predicted molar refractivity (Wildman–Crippen MR) is 69.4 cm³/mol. The number of halogens is 1. The highest BCUT2D eigenvalue weighted by Gasteiger charge is 2.15. The summed E-state index contributed by atoms with van der Waals surface area (Å²) < 4.78 is 13.0. The van der Waals surface area contributed by atoms with Crippen LogP contribution in [0.15, 0.2) is 18.2 Å². The molecule has 0 spiro atoms. The highest BCUT2D eigenvalue weighted by molar-refractivity contribution is 5.98. The van der Waals surface area contributed by atoms with Gasteiger partial charge < -0.3 is 5.32 Å². The highest BCUT2D eigenvalue weighted by Crippen LogP contribution is 2.11. The first-order valence-electron chi connectivity index (χ1n) is 6.39. The second kappa shape index (κ2) is 6.07. The summed E-state index contributed by atoms with van der Waals surface area (Å²) in [6, 6.07) is 4.35. The zero-order valence-electron chi connectivity index (χ0n) is 10.7. The second-order valence-corrected chi connectivity index (χ2v) is 4.76. The van der Waals surface area contributed by atoms with Crippen molar-refractivity contribution in [3.63, 3.8) is 0 Å². The molecule has 0 amide bonds. The van der Waals surface area contributed by atoms with Crippen LogP contribution in [-0.2, 0) is 0 Å². The molecule has 0 atom stereocenters. The number of hydrogen-bond acceptors (Lipinski definition) is 3. The number of aryl methyl sites for hydroxylation is 1. The molecule has 1 aliphatic heterocycles. The van der Waals surface area contributed by atoms with Gasteiger partial charge in [0, 0.05) is 18.7 Å². The van der Waals surface area contributed by atoms with Crippen LogP contribution < -0.4 is 5.32 Å². The van der Waals surface area contributed by atoms with Crippen LogP contribution in [0.25, 0.3) is 0 Å². The van der Waals surface area contributed by atoms with Gasteiger partial charge in [-0.3, -0.25) is 9.69 Å². The van der Waals surface area contributed by atoms with E-state index in [0.29, 0.717) is 17.7 Å². The maximum absolute atomic E-state index is 13.0. The zero-order chi connectivity index (χ0) is 13.0. The molecular formula is C14H19FN2O. The molecule has 1 fully saturated rings. The van der Waals surface area contributed by atoms with E-state index in [0.717, 1.165) is 32.6 Å². The van der Waals surface area contributed by atoms with Gasteiger partial charge in [-0.25, -0.2) is 4.39 Å². The van der Waals surface area contributed by atoms with Gasteiger partial charge in [0.1, 0.15) is 5.82 Å². The molecule has 3 nitrogen and oxygen atoms in total. The molecule has 0 aliphatic carbocycles. The highest BCUT2D eigenvalue weighted by atomic mass is 19.1.